The molecule has 1 N–H and O–H groups in total. The lowest BCUT2D eigenvalue weighted by molar-refractivity contribution is -0.732. The molecule has 2 heteroatoms. The summed E-state index contributed by atoms with van der Waals surface area (Å²) in [7, 11) is 0. The normalized spacial score (nSPS) is 24.0. The van der Waals surface area contributed by atoms with Crippen LogP contribution in [0.3, 0.4) is 0 Å². The van der Waals surface area contributed by atoms with E-state index in [1.807, 2.05) is 0 Å². The number of H-pyrrole nitrogens is 1. The van der Waals surface area contributed by atoms with Crippen LogP contribution in [0.15, 0.2) is 12.4 Å². The molecule has 2 fully saturated rings. The Morgan fingerprint density at radius 3 is 2.24 bits per heavy atom. The lowest BCUT2D eigenvalue weighted by Crippen LogP contribution is -2.43. The van der Waals surface area contributed by atoms with E-state index in [9.17, 15) is 0 Å². The zero-order valence-electron chi connectivity index (χ0n) is 10.8. The summed E-state index contributed by atoms with van der Waals surface area (Å²) in [5.74, 6) is 2.33. The molecule has 0 atom stereocenters. The minimum absolute atomic E-state index is 0.784. The summed E-state index contributed by atoms with van der Waals surface area (Å²) in [4.78, 5) is 3.54. The average molecular weight is 233 g/mol. The summed E-state index contributed by atoms with van der Waals surface area (Å²) in [5.41, 5.74) is 0. The fourth-order valence-corrected chi connectivity index (χ4v) is 3.74. The van der Waals surface area contributed by atoms with Crippen molar-refractivity contribution in [2.24, 2.45) is 0 Å². The molecule has 3 rings (SSSR count). The molecule has 0 amide bonds. The smallest absolute Gasteiger partial charge is 0.247 e. The van der Waals surface area contributed by atoms with E-state index in [1.165, 1.54) is 70.0 Å². The van der Waals surface area contributed by atoms with Crippen LogP contribution in [0, 0.1) is 0 Å². The molecular weight excluding hydrogens is 208 g/mol. The van der Waals surface area contributed by atoms with Crippen molar-refractivity contribution in [1.29, 1.82) is 0 Å². The molecular formula is C15H25N2+. The topological polar surface area (TPSA) is 19.7 Å². The Balaban J connectivity index is 1.77. The first-order valence-electron chi connectivity index (χ1n) is 7.53. The largest absolute Gasteiger partial charge is 0.257 e. The van der Waals surface area contributed by atoms with Crippen LogP contribution in [0.25, 0.3) is 0 Å². The van der Waals surface area contributed by atoms with Crippen molar-refractivity contribution in [2.45, 2.75) is 76.2 Å². The zero-order valence-corrected chi connectivity index (χ0v) is 10.8. The van der Waals surface area contributed by atoms with E-state index in [0.717, 1.165) is 12.0 Å². The molecule has 0 radical (unpaired) electrons. The van der Waals surface area contributed by atoms with Crippen LogP contribution in [0.1, 0.15) is 82.0 Å². The van der Waals surface area contributed by atoms with Gasteiger partial charge in [0.25, 0.3) is 5.82 Å². The Hall–Kier alpha value is -0.790. The second kappa shape index (κ2) is 5.24. The van der Waals surface area contributed by atoms with Crippen LogP contribution in [-0.4, -0.2) is 4.98 Å². The Kier molecular flexibility index (Phi) is 3.49. The number of rotatable bonds is 2. The summed E-state index contributed by atoms with van der Waals surface area (Å²) in [6.07, 6.45) is 18.6. The zero-order chi connectivity index (χ0) is 11.5. The maximum Gasteiger partial charge on any atom is 0.257 e. The first kappa shape index (κ1) is 11.3. The van der Waals surface area contributed by atoms with Crippen LogP contribution >= 0.6 is 0 Å². The van der Waals surface area contributed by atoms with Crippen molar-refractivity contribution < 1.29 is 4.57 Å². The van der Waals surface area contributed by atoms with Crippen molar-refractivity contribution in [3.8, 4) is 0 Å². The number of aromatic nitrogens is 2. The molecule has 1 heterocycles. The molecule has 0 unspecified atom stereocenters. The van der Waals surface area contributed by atoms with Gasteiger partial charge >= 0.3 is 0 Å². The molecule has 2 nitrogen and oxygen atoms in total. The quantitative estimate of drug-likeness (QED) is 0.749. The van der Waals surface area contributed by atoms with E-state index in [4.69, 9.17) is 0 Å². The molecule has 94 valence electrons. The van der Waals surface area contributed by atoms with Crippen molar-refractivity contribution in [3.63, 3.8) is 0 Å². The highest BCUT2D eigenvalue weighted by atomic mass is 15.1. The maximum absolute atomic E-state index is 3.54. The first-order valence-corrected chi connectivity index (χ1v) is 7.53. The van der Waals surface area contributed by atoms with Gasteiger partial charge in [-0.2, -0.15) is 0 Å². The molecule has 1 aromatic rings. The predicted octanol–water partition coefficient (Wildman–Crippen LogP) is 3.86. The second-order valence-electron chi connectivity index (χ2n) is 5.88. The Morgan fingerprint density at radius 2 is 1.53 bits per heavy atom. The molecule has 0 bridgehead atoms. The van der Waals surface area contributed by atoms with E-state index >= 15 is 0 Å². The van der Waals surface area contributed by atoms with E-state index in [1.54, 1.807) is 0 Å². The molecule has 0 aliphatic heterocycles. The Bertz CT molecular complexity index is 311. The summed E-state index contributed by atoms with van der Waals surface area (Å²) < 4.78 is 2.58. The van der Waals surface area contributed by atoms with Crippen LogP contribution in [0.4, 0.5) is 0 Å². The highest BCUT2D eigenvalue weighted by Gasteiger charge is 2.29. The van der Waals surface area contributed by atoms with Gasteiger partial charge in [0.15, 0.2) is 0 Å². The van der Waals surface area contributed by atoms with E-state index in [0.29, 0.717) is 0 Å². The van der Waals surface area contributed by atoms with Crippen molar-refractivity contribution in [3.05, 3.63) is 18.2 Å². The minimum Gasteiger partial charge on any atom is -0.247 e. The molecule has 0 aromatic carbocycles. The van der Waals surface area contributed by atoms with Gasteiger partial charge in [-0.05, 0) is 38.5 Å². The van der Waals surface area contributed by atoms with Gasteiger partial charge in [-0.25, -0.2) is 9.55 Å². The second-order valence-corrected chi connectivity index (χ2v) is 5.88. The van der Waals surface area contributed by atoms with Gasteiger partial charge in [-0.15, -0.1) is 0 Å². The van der Waals surface area contributed by atoms with Gasteiger partial charge in [-0.3, -0.25) is 0 Å². The standard InChI is InChI=1S/C15H24N2/c1-3-7-13(8-4-1)15-16-11-12-17(15)14-9-5-2-6-10-14/h11-14H,1-10H2/p+1. The van der Waals surface area contributed by atoms with Gasteiger partial charge in [0.1, 0.15) is 18.4 Å². The van der Waals surface area contributed by atoms with E-state index in [-0.39, 0.29) is 0 Å². The van der Waals surface area contributed by atoms with Gasteiger partial charge in [0, 0.05) is 0 Å². The average Bonchev–Trinajstić information content (AvgIpc) is 2.90. The minimum atomic E-state index is 0.784. The van der Waals surface area contributed by atoms with Gasteiger partial charge in [0.2, 0.25) is 0 Å². The van der Waals surface area contributed by atoms with E-state index < -0.39 is 0 Å². The van der Waals surface area contributed by atoms with Crippen molar-refractivity contribution >= 4 is 0 Å². The molecule has 0 spiro atoms. The third kappa shape index (κ3) is 2.41. The number of aromatic amines is 1. The molecule has 2 aliphatic rings. The third-order valence-corrected chi connectivity index (χ3v) is 4.70. The summed E-state index contributed by atoms with van der Waals surface area (Å²) in [6.45, 7) is 0. The Labute approximate surface area is 104 Å². The summed E-state index contributed by atoms with van der Waals surface area (Å²) >= 11 is 0. The van der Waals surface area contributed by atoms with Crippen LogP contribution in [-0.2, 0) is 0 Å². The molecule has 1 aromatic heterocycles. The number of hydrogen-bond donors (Lipinski definition) is 1. The highest BCUT2D eigenvalue weighted by molar-refractivity contribution is 4.92. The molecule has 2 aliphatic carbocycles. The molecule has 0 saturated heterocycles. The maximum atomic E-state index is 3.54. The number of imidazole rings is 1. The number of hydrogen-bond acceptors (Lipinski definition) is 0. The third-order valence-electron chi connectivity index (χ3n) is 4.70. The van der Waals surface area contributed by atoms with Crippen LogP contribution < -0.4 is 4.57 Å². The fourth-order valence-electron chi connectivity index (χ4n) is 3.74. The van der Waals surface area contributed by atoms with E-state index in [2.05, 4.69) is 21.9 Å². The summed E-state index contributed by atoms with van der Waals surface area (Å²) in [6, 6.07) is 0.784. The predicted molar refractivity (Wildman–Crippen MR) is 68.9 cm³/mol. The molecule has 17 heavy (non-hydrogen) atoms. The van der Waals surface area contributed by atoms with Crippen molar-refractivity contribution in [2.75, 3.05) is 0 Å². The lowest BCUT2D eigenvalue weighted by atomic mass is 9.88. The highest BCUT2D eigenvalue weighted by Crippen LogP contribution is 2.32. The molecule has 2 saturated carbocycles. The van der Waals surface area contributed by atoms with Gasteiger partial charge in [-0.1, -0.05) is 25.7 Å². The number of nitrogens with zero attached hydrogens (tertiary/aromatic N) is 1. The first-order chi connectivity index (χ1) is 8.45. The van der Waals surface area contributed by atoms with Gasteiger partial charge in [0.05, 0.1) is 5.92 Å². The lowest BCUT2D eigenvalue weighted by Gasteiger charge is -2.23. The monoisotopic (exact) mass is 233 g/mol. The summed E-state index contributed by atoms with van der Waals surface area (Å²) in [5, 5.41) is 0. The van der Waals surface area contributed by atoms with Gasteiger partial charge < -0.3 is 0 Å². The Morgan fingerprint density at radius 1 is 0.882 bits per heavy atom. The van der Waals surface area contributed by atoms with Crippen LogP contribution in [0.5, 0.6) is 0 Å². The SMILES string of the molecule is c1c[n+](C2CCCCC2)c(C2CCCCC2)[nH]1. The van der Waals surface area contributed by atoms with Crippen molar-refractivity contribution in [1.82, 2.24) is 4.98 Å². The fraction of sp³-hybridized carbons (Fsp3) is 0.800. The number of nitrogens with one attached hydrogen (secondary N) is 1. The van der Waals surface area contributed by atoms with Crippen LogP contribution in [0.2, 0.25) is 0 Å².